The zero-order chi connectivity index (χ0) is 18.5. The molecule has 134 valence electrons. The quantitative estimate of drug-likeness (QED) is 0.554. The third kappa shape index (κ3) is 3.26. The fourth-order valence-electron chi connectivity index (χ4n) is 3.01. The number of ether oxygens (including phenoxy) is 1. The van der Waals surface area contributed by atoms with Crippen molar-refractivity contribution in [3.05, 3.63) is 47.0 Å². The van der Waals surface area contributed by atoms with Crippen LogP contribution in [-0.4, -0.2) is 26.2 Å². The average Bonchev–Trinajstić information content (AvgIpc) is 3.37. The standard InChI is InChI=1S/C20H20BrN3O2/c1-20(2,3)26-19(25)24-11-15(21)14-9-16(23-10-17(14)24)13-5-4-8-22-18(13)12-6-7-12/h4-5,8-12H,6-7H2,1-3H3. The SMILES string of the molecule is CC(C)(C)OC(=O)n1cc(Br)c2cc(-c3cccnc3C3CC3)ncc21. The van der Waals surface area contributed by atoms with E-state index in [0.717, 1.165) is 26.8 Å². The Morgan fingerprint density at radius 3 is 2.77 bits per heavy atom. The number of hydrogen-bond donors (Lipinski definition) is 0. The molecule has 0 amide bonds. The summed E-state index contributed by atoms with van der Waals surface area (Å²) in [7, 11) is 0. The average molecular weight is 414 g/mol. The van der Waals surface area contributed by atoms with Crippen molar-refractivity contribution in [1.82, 2.24) is 14.5 Å². The van der Waals surface area contributed by atoms with Gasteiger partial charge in [0.1, 0.15) is 5.60 Å². The van der Waals surface area contributed by atoms with Crippen LogP contribution in [0.15, 0.2) is 41.3 Å². The van der Waals surface area contributed by atoms with E-state index < -0.39 is 11.7 Å². The van der Waals surface area contributed by atoms with Crippen LogP contribution in [-0.2, 0) is 4.74 Å². The maximum Gasteiger partial charge on any atom is 0.419 e. The third-order valence-corrected chi connectivity index (χ3v) is 4.94. The molecule has 4 rings (SSSR count). The highest BCUT2D eigenvalue weighted by molar-refractivity contribution is 9.10. The van der Waals surface area contributed by atoms with Crippen LogP contribution in [0, 0.1) is 0 Å². The Morgan fingerprint density at radius 1 is 1.31 bits per heavy atom. The lowest BCUT2D eigenvalue weighted by Gasteiger charge is -2.19. The molecule has 0 unspecified atom stereocenters. The van der Waals surface area contributed by atoms with Gasteiger partial charge < -0.3 is 4.74 Å². The van der Waals surface area contributed by atoms with Crippen molar-refractivity contribution in [3.63, 3.8) is 0 Å². The number of rotatable bonds is 2. The zero-order valence-electron chi connectivity index (χ0n) is 15.0. The highest BCUT2D eigenvalue weighted by Gasteiger charge is 2.28. The number of hydrogen-bond acceptors (Lipinski definition) is 4. The molecule has 0 atom stereocenters. The van der Waals surface area contributed by atoms with Crippen LogP contribution >= 0.6 is 15.9 Å². The summed E-state index contributed by atoms with van der Waals surface area (Å²) >= 11 is 3.56. The van der Waals surface area contributed by atoms with Crippen LogP contribution in [0.2, 0.25) is 0 Å². The van der Waals surface area contributed by atoms with Gasteiger partial charge in [0.05, 0.1) is 23.1 Å². The van der Waals surface area contributed by atoms with Crippen molar-refractivity contribution < 1.29 is 9.53 Å². The van der Waals surface area contributed by atoms with E-state index >= 15 is 0 Å². The van der Waals surface area contributed by atoms with E-state index in [2.05, 4.69) is 32.0 Å². The first-order valence-corrected chi connectivity index (χ1v) is 9.48. The second-order valence-corrected chi connectivity index (χ2v) is 8.48. The minimum atomic E-state index is -0.553. The largest absolute Gasteiger partial charge is 0.443 e. The molecule has 26 heavy (non-hydrogen) atoms. The van der Waals surface area contributed by atoms with Crippen molar-refractivity contribution in [2.75, 3.05) is 0 Å². The van der Waals surface area contributed by atoms with Gasteiger partial charge >= 0.3 is 6.09 Å². The van der Waals surface area contributed by atoms with Gasteiger partial charge in [0, 0.05) is 33.7 Å². The molecule has 0 radical (unpaired) electrons. The molecule has 1 aliphatic rings. The maximum atomic E-state index is 12.5. The number of pyridine rings is 2. The Morgan fingerprint density at radius 2 is 2.08 bits per heavy atom. The summed E-state index contributed by atoms with van der Waals surface area (Å²) in [4.78, 5) is 21.7. The summed E-state index contributed by atoms with van der Waals surface area (Å²) in [5.41, 5.74) is 3.21. The van der Waals surface area contributed by atoms with Crippen LogP contribution in [0.5, 0.6) is 0 Å². The second-order valence-electron chi connectivity index (χ2n) is 7.62. The van der Waals surface area contributed by atoms with Crippen LogP contribution < -0.4 is 0 Å². The van der Waals surface area contributed by atoms with Crippen molar-refractivity contribution in [2.24, 2.45) is 0 Å². The number of nitrogens with zero attached hydrogens (tertiary/aromatic N) is 3. The van der Waals surface area contributed by atoms with E-state index in [1.807, 2.05) is 39.1 Å². The molecule has 3 aromatic rings. The molecule has 0 N–H and O–H groups in total. The Hall–Kier alpha value is -2.21. The predicted octanol–water partition coefficient (Wildman–Crippen LogP) is 5.52. The molecule has 1 fully saturated rings. The first-order valence-electron chi connectivity index (χ1n) is 8.69. The van der Waals surface area contributed by atoms with Gasteiger partial charge in [0.2, 0.25) is 0 Å². The molecule has 0 bridgehead atoms. The Labute approximate surface area is 160 Å². The highest BCUT2D eigenvalue weighted by Crippen LogP contribution is 2.43. The third-order valence-electron chi connectivity index (χ3n) is 4.31. The maximum absolute atomic E-state index is 12.5. The molecule has 3 aromatic heterocycles. The van der Waals surface area contributed by atoms with Crippen LogP contribution in [0.4, 0.5) is 4.79 Å². The van der Waals surface area contributed by atoms with E-state index in [1.165, 1.54) is 17.4 Å². The molecule has 0 spiro atoms. The van der Waals surface area contributed by atoms with E-state index in [9.17, 15) is 4.79 Å². The molecule has 1 aliphatic carbocycles. The van der Waals surface area contributed by atoms with Crippen molar-refractivity contribution in [3.8, 4) is 11.3 Å². The summed E-state index contributed by atoms with van der Waals surface area (Å²) in [5.74, 6) is 0.540. The summed E-state index contributed by atoms with van der Waals surface area (Å²) in [6.07, 6.45) is 7.25. The van der Waals surface area contributed by atoms with Gasteiger partial charge in [-0.1, -0.05) is 0 Å². The van der Waals surface area contributed by atoms with E-state index in [-0.39, 0.29) is 0 Å². The first kappa shape index (κ1) is 17.2. The number of carbonyl (C=O) groups is 1. The molecule has 3 heterocycles. The van der Waals surface area contributed by atoms with E-state index in [4.69, 9.17) is 4.74 Å². The van der Waals surface area contributed by atoms with Crippen molar-refractivity contribution in [1.29, 1.82) is 0 Å². The smallest absolute Gasteiger partial charge is 0.419 e. The van der Waals surface area contributed by atoms with Crippen molar-refractivity contribution in [2.45, 2.75) is 45.1 Å². The van der Waals surface area contributed by atoms with Gasteiger partial charge in [0.15, 0.2) is 0 Å². The van der Waals surface area contributed by atoms with Gasteiger partial charge in [-0.05, 0) is 67.7 Å². The van der Waals surface area contributed by atoms with Gasteiger partial charge in [-0.15, -0.1) is 0 Å². The van der Waals surface area contributed by atoms with Crippen molar-refractivity contribution >= 4 is 32.9 Å². The molecular formula is C20H20BrN3O2. The normalized spacial score (nSPS) is 14.6. The van der Waals surface area contributed by atoms with Gasteiger partial charge in [-0.2, -0.15) is 0 Å². The monoisotopic (exact) mass is 413 g/mol. The van der Waals surface area contributed by atoms with Gasteiger partial charge in [-0.25, -0.2) is 9.36 Å². The first-order chi connectivity index (χ1) is 12.3. The zero-order valence-corrected chi connectivity index (χ0v) is 16.6. The minimum Gasteiger partial charge on any atom is -0.443 e. The predicted molar refractivity (Wildman–Crippen MR) is 104 cm³/mol. The lowest BCUT2D eigenvalue weighted by Crippen LogP contribution is -2.26. The molecule has 1 saturated carbocycles. The summed E-state index contributed by atoms with van der Waals surface area (Å²) < 4.78 is 7.81. The van der Waals surface area contributed by atoms with Gasteiger partial charge in [0.25, 0.3) is 0 Å². The Bertz CT molecular complexity index is 1000. The number of aromatic nitrogens is 3. The fraction of sp³-hybridized carbons (Fsp3) is 0.350. The fourth-order valence-corrected chi connectivity index (χ4v) is 3.53. The minimum absolute atomic E-state index is 0.414. The van der Waals surface area contributed by atoms with Crippen LogP contribution in [0.3, 0.4) is 0 Å². The molecule has 0 saturated heterocycles. The molecule has 0 aromatic carbocycles. The van der Waals surface area contributed by atoms with E-state index in [1.54, 1.807) is 12.4 Å². The molecule has 5 nitrogen and oxygen atoms in total. The Kier molecular flexibility index (Phi) is 4.10. The van der Waals surface area contributed by atoms with Gasteiger partial charge in [-0.3, -0.25) is 9.97 Å². The van der Waals surface area contributed by atoms with Crippen LogP contribution in [0.1, 0.15) is 45.2 Å². The molecule has 6 heteroatoms. The van der Waals surface area contributed by atoms with E-state index in [0.29, 0.717) is 11.4 Å². The topological polar surface area (TPSA) is 57.0 Å². The number of fused-ring (bicyclic) bond motifs is 1. The Balaban J connectivity index is 1.78. The van der Waals surface area contributed by atoms with Crippen LogP contribution in [0.25, 0.3) is 22.2 Å². The summed E-state index contributed by atoms with van der Waals surface area (Å²) in [5, 5.41) is 0.923. The molecular weight excluding hydrogens is 394 g/mol. The highest BCUT2D eigenvalue weighted by atomic mass is 79.9. The summed E-state index contributed by atoms with van der Waals surface area (Å²) in [6, 6.07) is 6.00. The lowest BCUT2D eigenvalue weighted by atomic mass is 10.1. The summed E-state index contributed by atoms with van der Waals surface area (Å²) in [6.45, 7) is 5.55. The molecule has 0 aliphatic heterocycles. The second kappa shape index (κ2) is 6.20. The number of carbonyl (C=O) groups excluding carboxylic acids is 1. The number of halogens is 1. The lowest BCUT2D eigenvalue weighted by molar-refractivity contribution is 0.0544.